The molecule has 39 heavy (non-hydrogen) atoms. The molecule has 0 bridgehead atoms. The van der Waals surface area contributed by atoms with Crippen LogP contribution in [0.15, 0.2) is 54.9 Å². The molecule has 1 aromatic carbocycles. The van der Waals surface area contributed by atoms with Crippen molar-refractivity contribution in [2.75, 3.05) is 43.5 Å². The van der Waals surface area contributed by atoms with E-state index < -0.39 is 5.82 Å². The minimum atomic E-state index is -0.460. The lowest BCUT2D eigenvalue weighted by Crippen LogP contribution is -2.46. The van der Waals surface area contributed by atoms with Crippen molar-refractivity contribution in [1.82, 2.24) is 24.6 Å². The zero-order chi connectivity index (χ0) is 27.8. The summed E-state index contributed by atoms with van der Waals surface area (Å²) in [4.78, 5) is 25.3. The first-order valence-corrected chi connectivity index (χ1v) is 12.9. The first-order valence-electron chi connectivity index (χ1n) is 12.9. The Morgan fingerprint density at radius 3 is 2.62 bits per heavy atom. The van der Waals surface area contributed by atoms with E-state index in [1.807, 2.05) is 12.1 Å². The molecule has 0 amide bonds. The number of hydrogen-bond acceptors (Lipinski definition) is 9. The number of nitrogens with one attached hydrogen (secondary N) is 1. The Hall–Kier alpha value is -3.93. The molecule has 0 spiro atoms. The van der Waals surface area contributed by atoms with Crippen molar-refractivity contribution in [3.05, 3.63) is 66.4 Å². The second-order valence-electron chi connectivity index (χ2n) is 9.12. The van der Waals surface area contributed by atoms with Crippen LogP contribution in [-0.4, -0.2) is 80.5 Å². The van der Waals surface area contributed by atoms with E-state index in [1.165, 1.54) is 10.7 Å². The summed E-state index contributed by atoms with van der Waals surface area (Å²) in [5.74, 6) is 0.755. The number of benzene rings is 1. The maximum atomic E-state index is 14.9. The van der Waals surface area contributed by atoms with Crippen LogP contribution in [0.1, 0.15) is 25.5 Å². The van der Waals surface area contributed by atoms with Crippen LogP contribution in [0.5, 0.6) is 0 Å². The topological polar surface area (TPSA) is 120 Å². The van der Waals surface area contributed by atoms with E-state index in [9.17, 15) is 14.3 Å². The third kappa shape index (κ3) is 6.56. The number of aldehydes is 1. The highest BCUT2D eigenvalue weighted by molar-refractivity contribution is 5.83. The number of carbonyl (C=O) groups excluding carboxylic acids is 1. The van der Waals surface area contributed by atoms with Crippen molar-refractivity contribution in [1.29, 1.82) is 0 Å². The van der Waals surface area contributed by atoms with Crippen molar-refractivity contribution in [2.45, 2.75) is 32.4 Å². The number of hydrogen-bond donors (Lipinski definition) is 3. The highest BCUT2D eigenvalue weighted by Gasteiger charge is 2.25. The third-order valence-electron chi connectivity index (χ3n) is 6.86. The van der Waals surface area contributed by atoms with Gasteiger partial charge in [-0.25, -0.2) is 19.0 Å². The molecule has 0 radical (unpaired) electrons. The summed E-state index contributed by atoms with van der Waals surface area (Å²) < 4.78 is 16.4. The smallest absolute Gasteiger partial charge is 0.148 e. The summed E-state index contributed by atoms with van der Waals surface area (Å²) in [6.45, 7) is 5.34. The standard InChI is InChI=1S/C27H30FN7O2.CH4O/c1-2-33-10-8-21(9-11-33)34(13-14-36)27-6-3-19-17-29-26(16-25(19)31-27)30-24-5-4-22(15-23(24)28)35-12-7-20(18-37)32-35;1-2/h3-7,12,14-17,21,37H,2,8-11,13,18H2,1H3,(H,29,30);2H,1H3. The van der Waals surface area contributed by atoms with Gasteiger partial charge in [-0.3, -0.25) is 0 Å². The van der Waals surface area contributed by atoms with Crippen molar-refractivity contribution in [3.63, 3.8) is 0 Å². The fourth-order valence-electron chi connectivity index (χ4n) is 4.77. The molecule has 0 atom stereocenters. The van der Waals surface area contributed by atoms with E-state index in [-0.39, 0.29) is 18.3 Å². The molecule has 0 unspecified atom stereocenters. The molecule has 4 heterocycles. The van der Waals surface area contributed by atoms with Gasteiger partial charge in [0.15, 0.2) is 0 Å². The van der Waals surface area contributed by atoms with Gasteiger partial charge in [0.05, 0.1) is 35.7 Å². The summed E-state index contributed by atoms with van der Waals surface area (Å²) in [6, 6.07) is 12.3. The van der Waals surface area contributed by atoms with Gasteiger partial charge in [-0.2, -0.15) is 5.10 Å². The minimum Gasteiger partial charge on any atom is -0.400 e. The highest BCUT2D eigenvalue weighted by atomic mass is 19.1. The number of anilines is 3. The zero-order valence-electron chi connectivity index (χ0n) is 22.2. The molecule has 1 aliphatic rings. The Balaban J connectivity index is 0.00000172. The molecule has 3 aromatic heterocycles. The van der Waals surface area contributed by atoms with Crippen LogP contribution in [0.25, 0.3) is 16.6 Å². The largest absolute Gasteiger partial charge is 0.400 e. The van der Waals surface area contributed by atoms with Gasteiger partial charge in [-0.05, 0) is 49.7 Å². The quantitative estimate of drug-likeness (QED) is 0.277. The number of rotatable bonds is 9. The molecular weight excluding hydrogens is 501 g/mol. The average Bonchev–Trinajstić information content (AvgIpc) is 3.47. The van der Waals surface area contributed by atoms with Crippen molar-refractivity contribution >= 4 is 34.5 Å². The zero-order valence-corrected chi connectivity index (χ0v) is 22.2. The third-order valence-corrected chi connectivity index (χ3v) is 6.86. The lowest BCUT2D eigenvalue weighted by molar-refractivity contribution is -0.106. The normalized spacial score (nSPS) is 14.1. The van der Waals surface area contributed by atoms with E-state index in [1.54, 1.807) is 36.7 Å². The minimum absolute atomic E-state index is 0.177. The molecule has 11 heteroatoms. The van der Waals surface area contributed by atoms with Gasteiger partial charge in [0.1, 0.15) is 23.7 Å². The summed E-state index contributed by atoms with van der Waals surface area (Å²) >= 11 is 0. The van der Waals surface area contributed by atoms with Gasteiger partial charge < -0.3 is 30.1 Å². The number of likely N-dealkylation sites (tertiary alicyclic amines) is 1. The van der Waals surface area contributed by atoms with Gasteiger partial charge in [-0.15, -0.1) is 0 Å². The molecular formula is C28H34FN7O3. The van der Waals surface area contributed by atoms with Crippen molar-refractivity contribution in [2.24, 2.45) is 0 Å². The molecule has 4 aromatic rings. The summed E-state index contributed by atoms with van der Waals surface area (Å²) in [5, 5.41) is 24.3. The Bertz CT molecular complexity index is 1390. The van der Waals surface area contributed by atoms with Crippen LogP contribution in [0.2, 0.25) is 0 Å². The monoisotopic (exact) mass is 535 g/mol. The number of aliphatic hydroxyl groups excluding tert-OH is 2. The number of halogens is 1. The maximum absolute atomic E-state index is 14.9. The fraction of sp³-hybridized carbons (Fsp3) is 0.357. The number of pyridine rings is 2. The molecule has 1 fully saturated rings. The van der Waals surface area contributed by atoms with Gasteiger partial charge in [-0.1, -0.05) is 6.92 Å². The van der Waals surface area contributed by atoms with E-state index in [0.29, 0.717) is 29.3 Å². The van der Waals surface area contributed by atoms with E-state index in [4.69, 9.17) is 10.1 Å². The summed E-state index contributed by atoms with van der Waals surface area (Å²) in [6.07, 6.45) is 6.27. The Morgan fingerprint density at radius 1 is 1.15 bits per heavy atom. The number of nitrogens with zero attached hydrogens (tertiary/aromatic N) is 6. The van der Waals surface area contributed by atoms with Crippen LogP contribution in [-0.2, 0) is 11.4 Å². The highest BCUT2D eigenvalue weighted by Crippen LogP contribution is 2.27. The van der Waals surface area contributed by atoms with Gasteiger partial charge in [0.25, 0.3) is 0 Å². The summed E-state index contributed by atoms with van der Waals surface area (Å²) in [5.41, 5.74) is 2.03. The van der Waals surface area contributed by atoms with Crippen LogP contribution in [0.3, 0.4) is 0 Å². The van der Waals surface area contributed by atoms with Gasteiger partial charge in [0, 0.05) is 56.2 Å². The molecule has 3 N–H and O–H groups in total. The summed E-state index contributed by atoms with van der Waals surface area (Å²) in [7, 11) is 1.00. The van der Waals surface area contributed by atoms with Gasteiger partial charge in [0.2, 0.25) is 0 Å². The number of aliphatic hydroxyl groups is 2. The first-order chi connectivity index (χ1) is 19.1. The SMILES string of the molecule is CCN1CCC(N(CC=O)c2ccc3cnc(Nc4ccc(-n5ccc(CO)n5)cc4F)cc3n2)CC1.CO. The maximum Gasteiger partial charge on any atom is 0.148 e. The van der Waals surface area contributed by atoms with Crippen LogP contribution >= 0.6 is 0 Å². The Labute approximate surface area is 226 Å². The Morgan fingerprint density at radius 2 is 1.95 bits per heavy atom. The molecule has 0 saturated carbocycles. The van der Waals surface area contributed by atoms with Gasteiger partial charge >= 0.3 is 0 Å². The molecule has 5 rings (SSSR count). The average molecular weight is 536 g/mol. The van der Waals surface area contributed by atoms with Crippen molar-refractivity contribution in [3.8, 4) is 5.69 Å². The molecule has 206 valence electrons. The Kier molecular flexibility index (Phi) is 9.53. The second kappa shape index (κ2) is 13.2. The molecule has 1 aliphatic heterocycles. The molecule has 0 aliphatic carbocycles. The molecule has 1 saturated heterocycles. The van der Waals surface area contributed by atoms with Crippen LogP contribution in [0, 0.1) is 5.82 Å². The van der Waals surface area contributed by atoms with E-state index in [0.717, 1.165) is 57.1 Å². The van der Waals surface area contributed by atoms with Crippen molar-refractivity contribution < 1.29 is 19.4 Å². The first kappa shape index (κ1) is 28.1. The predicted octanol–water partition coefficient (Wildman–Crippen LogP) is 3.29. The number of aromatic nitrogens is 4. The number of piperidine rings is 1. The second-order valence-corrected chi connectivity index (χ2v) is 9.12. The van der Waals surface area contributed by atoms with Crippen LogP contribution in [0.4, 0.5) is 21.7 Å². The van der Waals surface area contributed by atoms with E-state index in [2.05, 4.69) is 32.1 Å². The molecule has 10 nitrogen and oxygen atoms in total. The van der Waals surface area contributed by atoms with Crippen LogP contribution < -0.4 is 10.2 Å². The lowest BCUT2D eigenvalue weighted by Gasteiger charge is -2.38. The predicted molar refractivity (Wildman–Crippen MR) is 149 cm³/mol. The fourth-order valence-corrected chi connectivity index (χ4v) is 4.77. The lowest BCUT2D eigenvalue weighted by atomic mass is 10.0. The number of fused-ring (bicyclic) bond motifs is 1. The number of carbonyl (C=O) groups is 1. The van der Waals surface area contributed by atoms with E-state index >= 15 is 0 Å².